The highest BCUT2D eigenvalue weighted by Gasteiger charge is 2.24. The van der Waals surface area contributed by atoms with E-state index in [0.717, 1.165) is 11.1 Å². The molecule has 0 spiro atoms. The molecule has 8 nitrogen and oxygen atoms in total. The quantitative estimate of drug-likeness (QED) is 0.768. The second-order valence-corrected chi connectivity index (χ2v) is 6.96. The van der Waals surface area contributed by atoms with Gasteiger partial charge in [-0.25, -0.2) is 9.48 Å². The summed E-state index contributed by atoms with van der Waals surface area (Å²) in [6.07, 6.45) is -0.160. The molecule has 1 aliphatic heterocycles. The molecule has 1 fully saturated rings. The number of nitrogens with zero attached hydrogens (tertiary/aromatic N) is 4. The predicted molar refractivity (Wildman–Crippen MR) is 108 cm³/mol. The van der Waals surface area contributed by atoms with Crippen LogP contribution in [0.1, 0.15) is 18.9 Å². The fourth-order valence-electron chi connectivity index (χ4n) is 3.20. The van der Waals surface area contributed by atoms with Gasteiger partial charge in [0.1, 0.15) is 0 Å². The first kappa shape index (κ1) is 20.6. The maximum absolute atomic E-state index is 12.5. The van der Waals surface area contributed by atoms with Crippen molar-refractivity contribution in [3.63, 3.8) is 0 Å². The molecule has 8 heteroatoms. The second kappa shape index (κ2) is 9.36. The number of hydrogen-bond acceptors (Lipinski definition) is 5. The van der Waals surface area contributed by atoms with Crippen LogP contribution in [-0.2, 0) is 16.1 Å². The SMILES string of the molecule is CCOC(=O)N1CCN(C(=O)CCn2nc(-c3ccc(C)cc3)ccc2=O)CC1. The monoisotopic (exact) mass is 398 g/mol. The summed E-state index contributed by atoms with van der Waals surface area (Å²) >= 11 is 0. The number of aryl methyl sites for hydroxylation is 2. The fraction of sp³-hybridized carbons (Fsp3) is 0.429. The summed E-state index contributed by atoms with van der Waals surface area (Å²) in [7, 11) is 0. The molecule has 29 heavy (non-hydrogen) atoms. The highest BCUT2D eigenvalue weighted by Crippen LogP contribution is 2.16. The molecule has 2 heterocycles. The number of ether oxygens (including phenoxy) is 1. The molecular formula is C21H26N4O4. The first-order chi connectivity index (χ1) is 14.0. The Morgan fingerprint density at radius 3 is 2.31 bits per heavy atom. The molecule has 1 aromatic carbocycles. The molecule has 3 rings (SSSR count). The Hall–Kier alpha value is -3.16. The fourth-order valence-corrected chi connectivity index (χ4v) is 3.20. The highest BCUT2D eigenvalue weighted by molar-refractivity contribution is 5.76. The van der Waals surface area contributed by atoms with Gasteiger partial charge in [0, 0.05) is 44.2 Å². The standard InChI is InChI=1S/C21H26N4O4/c1-3-29-21(28)24-14-12-23(13-15-24)19(26)10-11-25-20(27)9-8-18(22-25)17-6-4-16(2)5-7-17/h4-9H,3,10-15H2,1-2H3. The Morgan fingerprint density at radius 1 is 1.00 bits per heavy atom. The van der Waals surface area contributed by atoms with Gasteiger partial charge < -0.3 is 14.5 Å². The molecule has 0 N–H and O–H groups in total. The molecule has 0 atom stereocenters. The van der Waals surface area contributed by atoms with E-state index in [-0.39, 0.29) is 30.5 Å². The van der Waals surface area contributed by atoms with Crippen LogP contribution in [0.25, 0.3) is 11.3 Å². The third-order valence-corrected chi connectivity index (χ3v) is 4.91. The Bertz CT molecular complexity index is 915. The van der Waals surface area contributed by atoms with Crippen LogP contribution >= 0.6 is 0 Å². The number of hydrogen-bond donors (Lipinski definition) is 0. The van der Waals surface area contributed by atoms with Gasteiger partial charge in [-0.2, -0.15) is 5.10 Å². The third-order valence-electron chi connectivity index (χ3n) is 4.91. The van der Waals surface area contributed by atoms with E-state index in [1.807, 2.05) is 31.2 Å². The first-order valence-electron chi connectivity index (χ1n) is 9.82. The lowest BCUT2D eigenvalue weighted by Crippen LogP contribution is -2.50. The van der Waals surface area contributed by atoms with E-state index in [0.29, 0.717) is 38.5 Å². The van der Waals surface area contributed by atoms with E-state index in [2.05, 4.69) is 5.10 Å². The van der Waals surface area contributed by atoms with Crippen molar-refractivity contribution in [3.05, 3.63) is 52.3 Å². The average molecular weight is 398 g/mol. The third kappa shape index (κ3) is 5.22. The highest BCUT2D eigenvalue weighted by atomic mass is 16.6. The lowest BCUT2D eigenvalue weighted by atomic mass is 10.1. The Balaban J connectivity index is 1.58. The maximum atomic E-state index is 12.5. The Morgan fingerprint density at radius 2 is 1.66 bits per heavy atom. The van der Waals surface area contributed by atoms with Crippen LogP contribution in [0.5, 0.6) is 0 Å². The zero-order valence-corrected chi connectivity index (χ0v) is 16.8. The lowest BCUT2D eigenvalue weighted by Gasteiger charge is -2.34. The van der Waals surface area contributed by atoms with Crippen molar-refractivity contribution in [1.29, 1.82) is 0 Å². The van der Waals surface area contributed by atoms with Crippen LogP contribution in [0, 0.1) is 6.92 Å². The van der Waals surface area contributed by atoms with Crippen LogP contribution in [0.3, 0.4) is 0 Å². The van der Waals surface area contributed by atoms with Crippen molar-refractivity contribution >= 4 is 12.0 Å². The second-order valence-electron chi connectivity index (χ2n) is 6.96. The number of rotatable bonds is 5. The van der Waals surface area contributed by atoms with Gasteiger partial charge in [0.25, 0.3) is 5.56 Å². The van der Waals surface area contributed by atoms with Crippen molar-refractivity contribution in [2.45, 2.75) is 26.8 Å². The molecule has 1 aromatic heterocycles. The average Bonchev–Trinajstić information content (AvgIpc) is 2.74. The summed E-state index contributed by atoms with van der Waals surface area (Å²) in [5, 5.41) is 4.41. The van der Waals surface area contributed by atoms with Crippen molar-refractivity contribution in [1.82, 2.24) is 19.6 Å². The van der Waals surface area contributed by atoms with Crippen LogP contribution in [0.2, 0.25) is 0 Å². The minimum atomic E-state index is -0.344. The zero-order valence-electron chi connectivity index (χ0n) is 16.8. The minimum Gasteiger partial charge on any atom is -0.450 e. The van der Waals surface area contributed by atoms with Gasteiger partial charge in [-0.3, -0.25) is 9.59 Å². The first-order valence-corrected chi connectivity index (χ1v) is 9.82. The topological polar surface area (TPSA) is 84.7 Å². The van der Waals surface area contributed by atoms with Gasteiger partial charge in [0.05, 0.1) is 18.8 Å². The molecule has 0 aliphatic carbocycles. The van der Waals surface area contributed by atoms with E-state index in [1.165, 1.54) is 10.7 Å². The van der Waals surface area contributed by atoms with Crippen molar-refractivity contribution in [3.8, 4) is 11.3 Å². The maximum Gasteiger partial charge on any atom is 0.409 e. The number of carbonyl (C=O) groups excluding carboxylic acids is 2. The number of amides is 2. The number of aromatic nitrogens is 2. The van der Waals surface area contributed by atoms with Gasteiger partial charge in [0.15, 0.2) is 0 Å². The van der Waals surface area contributed by atoms with Crippen LogP contribution in [0.15, 0.2) is 41.2 Å². The van der Waals surface area contributed by atoms with Crippen LogP contribution in [0.4, 0.5) is 4.79 Å². The van der Waals surface area contributed by atoms with E-state index in [1.54, 1.807) is 22.8 Å². The normalized spacial score (nSPS) is 14.0. The van der Waals surface area contributed by atoms with Crippen LogP contribution < -0.4 is 5.56 Å². The van der Waals surface area contributed by atoms with Gasteiger partial charge in [0.2, 0.25) is 5.91 Å². The number of carbonyl (C=O) groups is 2. The van der Waals surface area contributed by atoms with Gasteiger partial charge in [-0.05, 0) is 19.9 Å². The lowest BCUT2D eigenvalue weighted by molar-refractivity contribution is -0.133. The molecule has 0 saturated carbocycles. The summed E-state index contributed by atoms with van der Waals surface area (Å²) in [5.41, 5.74) is 2.53. The van der Waals surface area contributed by atoms with E-state index in [9.17, 15) is 14.4 Å². The van der Waals surface area contributed by atoms with Crippen molar-refractivity contribution < 1.29 is 14.3 Å². The molecule has 154 valence electrons. The minimum absolute atomic E-state index is 0.0528. The van der Waals surface area contributed by atoms with Crippen molar-refractivity contribution in [2.24, 2.45) is 0 Å². The van der Waals surface area contributed by atoms with Gasteiger partial charge >= 0.3 is 6.09 Å². The summed E-state index contributed by atoms with van der Waals surface area (Å²) in [5.74, 6) is -0.0528. The Kier molecular flexibility index (Phi) is 6.64. The summed E-state index contributed by atoms with van der Waals surface area (Å²) < 4.78 is 6.32. The predicted octanol–water partition coefficient (Wildman–Crippen LogP) is 1.91. The van der Waals surface area contributed by atoms with E-state index >= 15 is 0 Å². The molecule has 0 bridgehead atoms. The Labute approximate surface area is 169 Å². The summed E-state index contributed by atoms with van der Waals surface area (Å²) in [6, 6.07) is 11.1. The molecule has 1 saturated heterocycles. The van der Waals surface area contributed by atoms with Gasteiger partial charge in [-0.1, -0.05) is 29.8 Å². The van der Waals surface area contributed by atoms with Crippen LogP contribution in [-0.4, -0.2) is 64.4 Å². The smallest absolute Gasteiger partial charge is 0.409 e. The molecule has 2 aromatic rings. The molecule has 2 amide bonds. The summed E-state index contributed by atoms with van der Waals surface area (Å²) in [4.78, 5) is 39.7. The van der Waals surface area contributed by atoms with E-state index in [4.69, 9.17) is 4.74 Å². The zero-order chi connectivity index (χ0) is 20.8. The number of benzene rings is 1. The largest absolute Gasteiger partial charge is 0.450 e. The number of piperazine rings is 1. The molecule has 1 aliphatic rings. The van der Waals surface area contributed by atoms with E-state index < -0.39 is 0 Å². The summed E-state index contributed by atoms with van der Waals surface area (Å²) in [6.45, 7) is 6.15. The van der Waals surface area contributed by atoms with Gasteiger partial charge in [-0.15, -0.1) is 0 Å². The van der Waals surface area contributed by atoms with Crippen molar-refractivity contribution in [2.75, 3.05) is 32.8 Å². The molecule has 0 unspecified atom stereocenters. The molecular weight excluding hydrogens is 372 g/mol. The molecule has 0 radical (unpaired) electrons.